The summed E-state index contributed by atoms with van der Waals surface area (Å²) in [4.78, 5) is 25.4. The summed E-state index contributed by atoms with van der Waals surface area (Å²) >= 11 is 0. The number of rotatable bonds is 4. The normalized spacial score (nSPS) is 19.3. The van der Waals surface area contributed by atoms with Gasteiger partial charge in [-0.3, -0.25) is 9.59 Å². The van der Waals surface area contributed by atoms with Crippen molar-refractivity contribution in [1.29, 1.82) is 0 Å². The van der Waals surface area contributed by atoms with Gasteiger partial charge in [0.2, 0.25) is 0 Å². The van der Waals surface area contributed by atoms with Gasteiger partial charge in [-0.25, -0.2) is 0 Å². The zero-order valence-corrected chi connectivity index (χ0v) is 11.7. The highest BCUT2D eigenvalue weighted by molar-refractivity contribution is 5.84. The van der Waals surface area contributed by atoms with E-state index >= 15 is 0 Å². The molecule has 2 atom stereocenters. The molecule has 1 N–H and O–H groups in total. The molecule has 0 aliphatic carbocycles. The SMILES string of the molecule is CCC(OC)C(=O)N1Cc2ccccc2C(C(=O)O)C1. The van der Waals surface area contributed by atoms with E-state index in [0.717, 1.165) is 11.1 Å². The van der Waals surface area contributed by atoms with E-state index in [0.29, 0.717) is 13.0 Å². The zero-order valence-electron chi connectivity index (χ0n) is 11.7. The van der Waals surface area contributed by atoms with E-state index < -0.39 is 18.0 Å². The van der Waals surface area contributed by atoms with Gasteiger partial charge >= 0.3 is 5.97 Å². The van der Waals surface area contributed by atoms with Crippen LogP contribution in [-0.4, -0.2) is 41.6 Å². The summed E-state index contributed by atoms with van der Waals surface area (Å²) in [6.45, 7) is 2.52. The number of carboxylic acids is 1. The second-order valence-electron chi connectivity index (χ2n) is 4.94. The van der Waals surface area contributed by atoms with E-state index in [9.17, 15) is 14.7 Å². The van der Waals surface area contributed by atoms with Crippen molar-refractivity contribution in [2.24, 2.45) is 0 Å². The summed E-state index contributed by atoms with van der Waals surface area (Å²) in [5, 5.41) is 9.37. The average Bonchev–Trinajstić information content (AvgIpc) is 2.47. The number of benzene rings is 1. The Morgan fingerprint density at radius 1 is 1.45 bits per heavy atom. The fourth-order valence-corrected chi connectivity index (χ4v) is 2.63. The average molecular weight is 277 g/mol. The standard InChI is InChI=1S/C15H19NO4/c1-3-13(20-2)14(17)16-8-10-6-4-5-7-11(10)12(9-16)15(18)19/h4-7,12-13H,3,8-9H2,1-2H3,(H,18,19). The molecule has 108 valence electrons. The van der Waals surface area contributed by atoms with Gasteiger partial charge in [0.15, 0.2) is 0 Å². The number of carboxylic acid groups (broad SMARTS) is 1. The third-order valence-corrected chi connectivity index (χ3v) is 3.74. The Balaban J connectivity index is 2.28. The molecule has 1 aliphatic heterocycles. The molecular formula is C15H19NO4. The Labute approximate surface area is 118 Å². The van der Waals surface area contributed by atoms with Crippen LogP contribution in [-0.2, 0) is 20.9 Å². The number of methoxy groups -OCH3 is 1. The number of nitrogens with zero attached hydrogens (tertiary/aromatic N) is 1. The number of carbonyl (C=O) groups is 2. The van der Waals surface area contributed by atoms with E-state index in [1.165, 1.54) is 7.11 Å². The fourth-order valence-electron chi connectivity index (χ4n) is 2.63. The molecule has 1 amide bonds. The molecule has 20 heavy (non-hydrogen) atoms. The molecule has 0 fully saturated rings. The second-order valence-corrected chi connectivity index (χ2v) is 4.94. The second kappa shape index (κ2) is 6.05. The van der Waals surface area contributed by atoms with Gasteiger partial charge in [-0.05, 0) is 17.5 Å². The van der Waals surface area contributed by atoms with Crippen LogP contribution in [0.25, 0.3) is 0 Å². The number of aliphatic carboxylic acids is 1. The van der Waals surface area contributed by atoms with Crippen molar-refractivity contribution in [3.05, 3.63) is 35.4 Å². The zero-order chi connectivity index (χ0) is 14.7. The Morgan fingerprint density at radius 3 is 2.75 bits per heavy atom. The Kier molecular flexibility index (Phi) is 4.39. The van der Waals surface area contributed by atoms with Crippen molar-refractivity contribution in [3.63, 3.8) is 0 Å². The molecule has 1 aromatic rings. The summed E-state index contributed by atoms with van der Waals surface area (Å²) in [6.07, 6.45) is 0.0697. The van der Waals surface area contributed by atoms with Crippen LogP contribution in [0.1, 0.15) is 30.4 Å². The molecule has 1 aromatic carbocycles. The number of fused-ring (bicyclic) bond motifs is 1. The number of hydrogen-bond donors (Lipinski definition) is 1. The maximum atomic E-state index is 12.3. The maximum Gasteiger partial charge on any atom is 0.312 e. The van der Waals surface area contributed by atoms with E-state index in [4.69, 9.17) is 4.74 Å². The minimum absolute atomic E-state index is 0.143. The lowest BCUT2D eigenvalue weighted by atomic mass is 9.89. The summed E-state index contributed by atoms with van der Waals surface area (Å²) < 4.78 is 5.16. The molecule has 5 heteroatoms. The predicted octanol–water partition coefficient (Wildman–Crippen LogP) is 1.62. The lowest BCUT2D eigenvalue weighted by Gasteiger charge is -2.34. The van der Waals surface area contributed by atoms with E-state index in [1.807, 2.05) is 31.2 Å². The van der Waals surface area contributed by atoms with Gasteiger partial charge < -0.3 is 14.7 Å². The van der Waals surface area contributed by atoms with Crippen LogP contribution in [0.15, 0.2) is 24.3 Å². The number of hydrogen-bond acceptors (Lipinski definition) is 3. The van der Waals surface area contributed by atoms with Crippen molar-refractivity contribution in [2.45, 2.75) is 31.9 Å². The fraction of sp³-hybridized carbons (Fsp3) is 0.467. The highest BCUT2D eigenvalue weighted by Gasteiger charge is 2.34. The number of carbonyl (C=O) groups excluding carboxylic acids is 1. The lowest BCUT2D eigenvalue weighted by Crippen LogP contribution is -2.45. The van der Waals surface area contributed by atoms with Gasteiger partial charge in [0, 0.05) is 20.2 Å². The molecule has 0 bridgehead atoms. The van der Waals surface area contributed by atoms with Gasteiger partial charge in [0.05, 0.1) is 5.92 Å². The Morgan fingerprint density at radius 2 is 2.15 bits per heavy atom. The minimum Gasteiger partial charge on any atom is -0.481 e. The smallest absolute Gasteiger partial charge is 0.312 e. The first-order chi connectivity index (χ1) is 9.58. The van der Waals surface area contributed by atoms with Crippen molar-refractivity contribution in [3.8, 4) is 0 Å². The van der Waals surface area contributed by atoms with Gasteiger partial charge in [-0.1, -0.05) is 31.2 Å². The highest BCUT2D eigenvalue weighted by Crippen LogP contribution is 2.29. The Hall–Kier alpha value is -1.88. The predicted molar refractivity (Wildman–Crippen MR) is 73.3 cm³/mol. The molecular weight excluding hydrogens is 258 g/mol. The Bertz CT molecular complexity index is 510. The van der Waals surface area contributed by atoms with Crippen LogP contribution < -0.4 is 0 Å². The van der Waals surface area contributed by atoms with Crippen LogP contribution in [0.3, 0.4) is 0 Å². The number of ether oxygens (including phenoxy) is 1. The monoisotopic (exact) mass is 277 g/mol. The quantitative estimate of drug-likeness (QED) is 0.908. The molecule has 0 saturated carbocycles. The summed E-state index contributed by atoms with van der Waals surface area (Å²) in [5.74, 6) is -1.71. The topological polar surface area (TPSA) is 66.8 Å². The van der Waals surface area contributed by atoms with Crippen LogP contribution in [0, 0.1) is 0 Å². The van der Waals surface area contributed by atoms with Gasteiger partial charge in [-0.2, -0.15) is 0 Å². The van der Waals surface area contributed by atoms with Crippen molar-refractivity contribution < 1.29 is 19.4 Å². The van der Waals surface area contributed by atoms with Crippen molar-refractivity contribution in [2.75, 3.05) is 13.7 Å². The molecule has 0 radical (unpaired) electrons. The first-order valence-corrected chi connectivity index (χ1v) is 6.70. The summed E-state index contributed by atoms with van der Waals surface area (Å²) in [6, 6.07) is 7.39. The third kappa shape index (κ3) is 2.67. The maximum absolute atomic E-state index is 12.3. The molecule has 1 heterocycles. The molecule has 0 spiro atoms. The van der Waals surface area contributed by atoms with Crippen molar-refractivity contribution in [1.82, 2.24) is 4.90 Å². The molecule has 5 nitrogen and oxygen atoms in total. The minimum atomic E-state index is -0.902. The van der Waals surface area contributed by atoms with Gasteiger partial charge in [0.25, 0.3) is 5.91 Å². The van der Waals surface area contributed by atoms with Crippen LogP contribution in [0.2, 0.25) is 0 Å². The largest absolute Gasteiger partial charge is 0.481 e. The van der Waals surface area contributed by atoms with Crippen LogP contribution >= 0.6 is 0 Å². The van der Waals surface area contributed by atoms with Gasteiger partial charge in [0.1, 0.15) is 6.10 Å². The third-order valence-electron chi connectivity index (χ3n) is 3.74. The lowest BCUT2D eigenvalue weighted by molar-refractivity contribution is -0.146. The molecule has 1 aliphatic rings. The van der Waals surface area contributed by atoms with Crippen LogP contribution in [0.5, 0.6) is 0 Å². The van der Waals surface area contributed by atoms with Crippen molar-refractivity contribution >= 4 is 11.9 Å². The van der Waals surface area contributed by atoms with E-state index in [1.54, 1.807) is 4.90 Å². The van der Waals surface area contributed by atoms with Gasteiger partial charge in [-0.15, -0.1) is 0 Å². The van der Waals surface area contributed by atoms with E-state index in [2.05, 4.69) is 0 Å². The summed E-state index contributed by atoms with van der Waals surface area (Å²) in [5.41, 5.74) is 1.69. The highest BCUT2D eigenvalue weighted by atomic mass is 16.5. The van der Waals surface area contributed by atoms with E-state index in [-0.39, 0.29) is 12.5 Å². The number of amides is 1. The van der Waals surface area contributed by atoms with Crippen LogP contribution in [0.4, 0.5) is 0 Å². The molecule has 2 rings (SSSR count). The molecule has 2 unspecified atom stereocenters. The summed E-state index contributed by atoms with van der Waals surface area (Å²) in [7, 11) is 1.50. The molecule has 0 aromatic heterocycles. The first kappa shape index (κ1) is 14.5. The molecule has 0 saturated heterocycles. The first-order valence-electron chi connectivity index (χ1n) is 6.70.